The lowest BCUT2D eigenvalue weighted by Crippen LogP contribution is -1.88. The lowest BCUT2D eigenvalue weighted by Gasteiger charge is -1.96. The van der Waals surface area contributed by atoms with Crippen LogP contribution in [-0.2, 0) is 0 Å². The van der Waals surface area contributed by atoms with Crippen LogP contribution < -0.4 is 5.73 Å². The summed E-state index contributed by atoms with van der Waals surface area (Å²) in [5, 5.41) is 0. The number of aromatic nitrogens is 1. The molecule has 2 N–H and O–H groups in total. The van der Waals surface area contributed by atoms with Gasteiger partial charge in [-0.05, 0) is 35.4 Å². The maximum absolute atomic E-state index is 5.60. The molecule has 1 heterocycles. The summed E-state index contributed by atoms with van der Waals surface area (Å²) in [6, 6.07) is 11.9. The SMILES string of the molecule is Nc1cc(/C=C/c2cccc(Br)c2)ccn1. The van der Waals surface area contributed by atoms with Crippen molar-refractivity contribution in [3.05, 3.63) is 58.2 Å². The van der Waals surface area contributed by atoms with Crippen LogP contribution in [0.5, 0.6) is 0 Å². The minimum Gasteiger partial charge on any atom is -0.384 e. The van der Waals surface area contributed by atoms with E-state index in [0.717, 1.165) is 15.6 Å². The van der Waals surface area contributed by atoms with Gasteiger partial charge < -0.3 is 5.73 Å². The van der Waals surface area contributed by atoms with Crippen LogP contribution in [0.15, 0.2) is 47.1 Å². The number of halogens is 1. The Bertz CT molecular complexity index is 473. The molecule has 0 aliphatic heterocycles. The highest BCUT2D eigenvalue weighted by Crippen LogP contribution is 2.14. The zero-order valence-corrected chi connectivity index (χ0v) is 10.2. The molecule has 2 rings (SSSR count). The number of pyridine rings is 1. The van der Waals surface area contributed by atoms with E-state index in [9.17, 15) is 0 Å². The summed E-state index contributed by atoms with van der Waals surface area (Å²) in [5.74, 6) is 0.538. The normalized spacial score (nSPS) is 10.8. The molecule has 2 nitrogen and oxygen atoms in total. The molecule has 3 heteroatoms. The molecular formula is C13H11BrN2. The highest BCUT2D eigenvalue weighted by molar-refractivity contribution is 9.10. The molecule has 80 valence electrons. The molecule has 0 saturated heterocycles. The summed E-state index contributed by atoms with van der Waals surface area (Å²) >= 11 is 3.44. The van der Waals surface area contributed by atoms with Gasteiger partial charge >= 0.3 is 0 Å². The van der Waals surface area contributed by atoms with Crippen molar-refractivity contribution in [2.45, 2.75) is 0 Å². The molecule has 0 fully saturated rings. The van der Waals surface area contributed by atoms with Crippen LogP contribution in [0.4, 0.5) is 5.82 Å². The number of rotatable bonds is 2. The standard InChI is InChI=1S/C13H11BrN2/c14-12-3-1-2-10(8-12)4-5-11-6-7-16-13(15)9-11/h1-9H,(H2,15,16)/b5-4+. The Hall–Kier alpha value is -1.61. The van der Waals surface area contributed by atoms with Crippen molar-refractivity contribution in [2.75, 3.05) is 5.73 Å². The number of hydrogen-bond acceptors (Lipinski definition) is 2. The fraction of sp³-hybridized carbons (Fsp3) is 0. The van der Waals surface area contributed by atoms with Crippen molar-refractivity contribution in [3.63, 3.8) is 0 Å². The summed E-state index contributed by atoms with van der Waals surface area (Å²) in [6.07, 6.45) is 5.76. The van der Waals surface area contributed by atoms with Gasteiger partial charge in [-0.1, -0.05) is 40.2 Å². The monoisotopic (exact) mass is 274 g/mol. The third kappa shape index (κ3) is 2.94. The minimum absolute atomic E-state index is 0.538. The second-order valence-electron chi connectivity index (χ2n) is 3.40. The van der Waals surface area contributed by atoms with E-state index in [1.165, 1.54) is 0 Å². The molecule has 0 aliphatic carbocycles. The quantitative estimate of drug-likeness (QED) is 0.909. The Kier molecular flexibility index (Phi) is 3.37. The number of nitrogens with zero attached hydrogens (tertiary/aromatic N) is 1. The van der Waals surface area contributed by atoms with Crippen LogP contribution in [0.1, 0.15) is 11.1 Å². The molecule has 1 aromatic heterocycles. The predicted octanol–water partition coefficient (Wildman–Crippen LogP) is 3.60. The summed E-state index contributed by atoms with van der Waals surface area (Å²) in [5.41, 5.74) is 7.79. The van der Waals surface area contributed by atoms with Crippen molar-refractivity contribution in [1.82, 2.24) is 4.98 Å². The fourth-order valence-corrected chi connectivity index (χ4v) is 1.79. The molecule has 0 amide bonds. The first-order valence-electron chi connectivity index (χ1n) is 4.89. The van der Waals surface area contributed by atoms with Crippen LogP contribution >= 0.6 is 15.9 Å². The molecule has 1 aromatic carbocycles. The molecule has 0 bridgehead atoms. The molecule has 0 atom stereocenters. The van der Waals surface area contributed by atoms with Gasteiger partial charge in [-0.3, -0.25) is 0 Å². The summed E-state index contributed by atoms with van der Waals surface area (Å²) in [6.45, 7) is 0. The maximum Gasteiger partial charge on any atom is 0.123 e. The Balaban J connectivity index is 2.21. The number of nitrogens with two attached hydrogens (primary N) is 1. The van der Waals surface area contributed by atoms with E-state index in [-0.39, 0.29) is 0 Å². The lowest BCUT2D eigenvalue weighted by atomic mass is 10.1. The Morgan fingerprint density at radius 1 is 1.06 bits per heavy atom. The van der Waals surface area contributed by atoms with Gasteiger partial charge in [-0.2, -0.15) is 0 Å². The average molecular weight is 275 g/mol. The second kappa shape index (κ2) is 4.94. The number of benzene rings is 1. The van der Waals surface area contributed by atoms with Crippen LogP contribution in [-0.4, -0.2) is 4.98 Å². The zero-order valence-electron chi connectivity index (χ0n) is 8.60. The van der Waals surface area contributed by atoms with Gasteiger partial charge in [0.2, 0.25) is 0 Å². The summed E-state index contributed by atoms with van der Waals surface area (Å²) < 4.78 is 1.07. The van der Waals surface area contributed by atoms with Gasteiger partial charge in [0.1, 0.15) is 5.82 Å². The van der Waals surface area contributed by atoms with Gasteiger partial charge in [-0.15, -0.1) is 0 Å². The molecule has 0 unspecified atom stereocenters. The van der Waals surface area contributed by atoms with E-state index in [1.807, 2.05) is 42.5 Å². The summed E-state index contributed by atoms with van der Waals surface area (Å²) in [7, 11) is 0. The van der Waals surface area contributed by atoms with Crippen molar-refractivity contribution < 1.29 is 0 Å². The predicted molar refractivity (Wildman–Crippen MR) is 71.7 cm³/mol. The van der Waals surface area contributed by atoms with Gasteiger partial charge in [-0.25, -0.2) is 4.98 Å². The first-order valence-corrected chi connectivity index (χ1v) is 5.68. The van der Waals surface area contributed by atoms with Gasteiger partial charge in [0.15, 0.2) is 0 Å². The Labute approximate surface area is 103 Å². The summed E-state index contributed by atoms with van der Waals surface area (Å²) in [4.78, 5) is 3.95. The van der Waals surface area contributed by atoms with E-state index in [2.05, 4.69) is 27.0 Å². The first kappa shape index (κ1) is 10.9. The molecule has 16 heavy (non-hydrogen) atoms. The molecule has 0 radical (unpaired) electrons. The van der Waals surface area contributed by atoms with E-state index in [1.54, 1.807) is 6.20 Å². The third-order valence-electron chi connectivity index (χ3n) is 2.12. The van der Waals surface area contributed by atoms with E-state index in [4.69, 9.17) is 5.73 Å². The van der Waals surface area contributed by atoms with Crippen molar-refractivity contribution >= 4 is 33.9 Å². The Morgan fingerprint density at radius 2 is 1.81 bits per heavy atom. The first-order chi connectivity index (χ1) is 7.74. The Morgan fingerprint density at radius 3 is 2.50 bits per heavy atom. The van der Waals surface area contributed by atoms with Gasteiger partial charge in [0.25, 0.3) is 0 Å². The van der Waals surface area contributed by atoms with Crippen molar-refractivity contribution in [2.24, 2.45) is 0 Å². The largest absolute Gasteiger partial charge is 0.384 e. The minimum atomic E-state index is 0.538. The van der Waals surface area contributed by atoms with Crippen LogP contribution in [0.3, 0.4) is 0 Å². The van der Waals surface area contributed by atoms with Gasteiger partial charge in [0.05, 0.1) is 0 Å². The second-order valence-corrected chi connectivity index (χ2v) is 4.32. The molecular weight excluding hydrogens is 264 g/mol. The van der Waals surface area contributed by atoms with Crippen molar-refractivity contribution in [1.29, 1.82) is 0 Å². The fourth-order valence-electron chi connectivity index (χ4n) is 1.37. The molecule has 0 saturated carbocycles. The third-order valence-corrected chi connectivity index (χ3v) is 2.62. The molecule has 2 aromatic rings. The zero-order chi connectivity index (χ0) is 11.4. The van der Waals surface area contributed by atoms with E-state index in [0.29, 0.717) is 5.82 Å². The highest BCUT2D eigenvalue weighted by Gasteiger charge is 1.91. The van der Waals surface area contributed by atoms with Crippen molar-refractivity contribution in [3.8, 4) is 0 Å². The average Bonchev–Trinajstić information content (AvgIpc) is 2.27. The van der Waals surface area contributed by atoms with Crippen LogP contribution in [0.2, 0.25) is 0 Å². The highest BCUT2D eigenvalue weighted by atomic mass is 79.9. The van der Waals surface area contributed by atoms with Crippen LogP contribution in [0, 0.1) is 0 Å². The lowest BCUT2D eigenvalue weighted by molar-refractivity contribution is 1.33. The van der Waals surface area contributed by atoms with Crippen LogP contribution in [0.25, 0.3) is 12.2 Å². The number of nitrogen functional groups attached to an aromatic ring is 1. The number of anilines is 1. The number of hydrogen-bond donors (Lipinski definition) is 1. The van der Waals surface area contributed by atoms with Gasteiger partial charge in [0, 0.05) is 10.7 Å². The maximum atomic E-state index is 5.60. The smallest absolute Gasteiger partial charge is 0.123 e. The van der Waals surface area contributed by atoms with E-state index < -0.39 is 0 Å². The topological polar surface area (TPSA) is 38.9 Å². The molecule has 0 aliphatic rings. The molecule has 0 spiro atoms. The van der Waals surface area contributed by atoms with E-state index >= 15 is 0 Å².